The highest BCUT2D eigenvalue weighted by molar-refractivity contribution is 6.08. The number of carbonyl (C=O) groups excluding carboxylic acids is 1. The number of likely N-dealkylation sites (tertiary alicyclic amines) is 1. The van der Waals surface area contributed by atoms with E-state index in [4.69, 9.17) is 4.74 Å². The summed E-state index contributed by atoms with van der Waals surface area (Å²) in [5, 5.41) is 14.3. The van der Waals surface area contributed by atoms with Crippen LogP contribution in [-0.2, 0) is 16.0 Å². The summed E-state index contributed by atoms with van der Waals surface area (Å²) in [6.45, 7) is 0. The lowest BCUT2D eigenvalue weighted by Gasteiger charge is -2.27. The van der Waals surface area contributed by atoms with Gasteiger partial charge in [-0.15, -0.1) is 0 Å². The second-order valence-corrected chi connectivity index (χ2v) is 7.43. The lowest BCUT2D eigenvalue weighted by Crippen LogP contribution is -2.41. The van der Waals surface area contributed by atoms with Gasteiger partial charge < -0.3 is 9.84 Å². The third kappa shape index (κ3) is 2.24. The summed E-state index contributed by atoms with van der Waals surface area (Å²) < 4.78 is 4.91. The number of hydrogen-bond acceptors (Lipinski definition) is 3. The first-order valence-electron chi connectivity index (χ1n) is 9.12. The second-order valence-electron chi connectivity index (χ2n) is 7.43. The number of benzene rings is 3. The number of fused-ring (bicyclic) bond motifs is 6. The Kier molecular flexibility index (Phi) is 3.41. The van der Waals surface area contributed by atoms with E-state index in [-0.39, 0.29) is 12.0 Å². The van der Waals surface area contributed by atoms with Crippen molar-refractivity contribution in [3.8, 4) is 0 Å². The van der Waals surface area contributed by atoms with Crippen molar-refractivity contribution in [2.45, 2.75) is 24.9 Å². The zero-order chi connectivity index (χ0) is 18.7. The fourth-order valence-corrected chi connectivity index (χ4v) is 4.97. The molecule has 0 saturated carbocycles. The van der Waals surface area contributed by atoms with Crippen molar-refractivity contribution in [3.05, 3.63) is 59.7 Å². The van der Waals surface area contributed by atoms with Crippen LogP contribution in [0.4, 0.5) is 4.79 Å². The number of rotatable bonds is 1. The monoisotopic (exact) mass is 361 g/mol. The van der Waals surface area contributed by atoms with Crippen molar-refractivity contribution in [1.29, 1.82) is 0 Å². The van der Waals surface area contributed by atoms with Gasteiger partial charge >= 0.3 is 12.1 Å². The maximum atomic E-state index is 12.4. The van der Waals surface area contributed by atoms with Gasteiger partial charge in [-0.2, -0.15) is 0 Å². The van der Waals surface area contributed by atoms with E-state index in [1.54, 1.807) is 0 Å². The normalized spacial score (nSPS) is 23.4. The summed E-state index contributed by atoms with van der Waals surface area (Å²) in [6.07, 6.45) is 0.679. The fraction of sp³-hybridized carbons (Fsp3) is 0.273. The third-order valence-corrected chi connectivity index (χ3v) is 6.08. The van der Waals surface area contributed by atoms with Gasteiger partial charge in [0.2, 0.25) is 0 Å². The number of methoxy groups -OCH3 is 1. The number of hydrogen-bond donors (Lipinski definition) is 1. The smallest absolute Gasteiger partial charge is 0.410 e. The molecule has 5 nitrogen and oxygen atoms in total. The first-order valence-corrected chi connectivity index (χ1v) is 9.12. The van der Waals surface area contributed by atoms with Gasteiger partial charge in [0.05, 0.1) is 13.2 Å². The third-order valence-electron chi connectivity index (χ3n) is 6.08. The molecular weight excluding hydrogens is 342 g/mol. The van der Waals surface area contributed by atoms with Gasteiger partial charge in [-0.05, 0) is 57.5 Å². The number of carboxylic acid groups (broad SMARTS) is 1. The minimum Gasteiger partial charge on any atom is -0.480 e. The van der Waals surface area contributed by atoms with E-state index < -0.39 is 18.1 Å². The first kappa shape index (κ1) is 16.1. The van der Waals surface area contributed by atoms with E-state index >= 15 is 0 Å². The maximum Gasteiger partial charge on any atom is 0.410 e. The number of ether oxygens (including phenoxy) is 1. The average Bonchev–Trinajstić information content (AvgIpc) is 3.21. The fourth-order valence-electron chi connectivity index (χ4n) is 4.97. The molecule has 3 atom stereocenters. The molecule has 27 heavy (non-hydrogen) atoms. The molecular formula is C22H19NO4. The highest BCUT2D eigenvalue weighted by atomic mass is 16.5. The Bertz CT molecular complexity index is 1110. The van der Waals surface area contributed by atoms with Crippen LogP contribution in [0.2, 0.25) is 0 Å². The van der Waals surface area contributed by atoms with Gasteiger partial charge in [0.15, 0.2) is 0 Å². The molecule has 1 amide bonds. The quantitative estimate of drug-likeness (QED) is 0.662. The zero-order valence-electron chi connectivity index (χ0n) is 14.9. The lowest BCUT2D eigenvalue weighted by molar-refractivity contribution is -0.142. The summed E-state index contributed by atoms with van der Waals surface area (Å²) >= 11 is 0. The summed E-state index contributed by atoms with van der Waals surface area (Å²) in [5.74, 6) is -0.855. The molecule has 1 fully saturated rings. The molecule has 0 radical (unpaired) electrons. The molecule has 5 heteroatoms. The van der Waals surface area contributed by atoms with Crippen LogP contribution in [0.3, 0.4) is 0 Å². The molecule has 0 bridgehead atoms. The minimum absolute atomic E-state index is 0.114. The van der Waals surface area contributed by atoms with Crippen molar-refractivity contribution < 1.29 is 19.4 Å². The predicted molar refractivity (Wildman–Crippen MR) is 102 cm³/mol. The van der Waals surface area contributed by atoms with E-state index in [0.29, 0.717) is 6.42 Å². The van der Waals surface area contributed by atoms with Gasteiger partial charge in [-0.3, -0.25) is 4.90 Å². The minimum atomic E-state index is -0.969. The van der Waals surface area contributed by atoms with Crippen LogP contribution < -0.4 is 0 Å². The van der Waals surface area contributed by atoms with Gasteiger partial charge in [-0.25, -0.2) is 9.59 Å². The molecule has 1 N–H and O–H groups in total. The van der Waals surface area contributed by atoms with Crippen molar-refractivity contribution in [3.63, 3.8) is 0 Å². The summed E-state index contributed by atoms with van der Waals surface area (Å²) in [6, 6.07) is 15.8. The summed E-state index contributed by atoms with van der Waals surface area (Å²) in [7, 11) is 1.30. The number of aliphatic carboxylic acids is 1. The molecule has 5 rings (SSSR count). The van der Waals surface area contributed by atoms with Gasteiger partial charge in [-0.1, -0.05) is 42.5 Å². The Balaban J connectivity index is 1.68. The van der Waals surface area contributed by atoms with Crippen LogP contribution >= 0.6 is 0 Å². The van der Waals surface area contributed by atoms with Crippen molar-refractivity contribution in [1.82, 2.24) is 4.90 Å². The van der Waals surface area contributed by atoms with Crippen LogP contribution in [0.1, 0.15) is 23.6 Å². The van der Waals surface area contributed by atoms with Crippen LogP contribution in [-0.4, -0.2) is 35.2 Å². The van der Waals surface area contributed by atoms with Crippen LogP contribution in [0.15, 0.2) is 48.5 Å². The van der Waals surface area contributed by atoms with Crippen molar-refractivity contribution in [2.75, 3.05) is 7.11 Å². The summed E-state index contributed by atoms with van der Waals surface area (Å²) in [4.78, 5) is 25.5. The largest absolute Gasteiger partial charge is 0.480 e. The highest BCUT2D eigenvalue weighted by Crippen LogP contribution is 2.50. The Morgan fingerprint density at radius 1 is 1.07 bits per heavy atom. The average molecular weight is 361 g/mol. The molecule has 0 spiro atoms. The second kappa shape index (κ2) is 5.71. The first-order chi connectivity index (χ1) is 13.1. The Morgan fingerprint density at radius 2 is 1.85 bits per heavy atom. The Labute approximate surface area is 156 Å². The molecule has 1 heterocycles. The topological polar surface area (TPSA) is 66.8 Å². The molecule has 3 aromatic rings. The molecule has 136 valence electrons. The van der Waals surface area contributed by atoms with E-state index in [1.165, 1.54) is 33.7 Å². The number of nitrogens with zero attached hydrogens (tertiary/aromatic N) is 1. The Morgan fingerprint density at radius 3 is 2.63 bits per heavy atom. The van der Waals surface area contributed by atoms with Crippen LogP contribution in [0.5, 0.6) is 0 Å². The van der Waals surface area contributed by atoms with E-state index in [2.05, 4.69) is 36.4 Å². The van der Waals surface area contributed by atoms with Crippen LogP contribution in [0, 0.1) is 5.92 Å². The number of carbonyl (C=O) groups is 2. The SMILES string of the molecule is COC(=O)N1[C@@H]2c3cc4ccc5ccccc5c4cc3C[C@@H]2C[C@H]1C(=O)O. The number of amides is 1. The van der Waals surface area contributed by atoms with Crippen molar-refractivity contribution >= 4 is 33.6 Å². The van der Waals surface area contributed by atoms with Crippen LogP contribution in [0.25, 0.3) is 21.5 Å². The van der Waals surface area contributed by atoms with Gasteiger partial charge in [0.1, 0.15) is 6.04 Å². The lowest BCUT2D eigenvalue weighted by atomic mass is 9.96. The highest BCUT2D eigenvalue weighted by Gasteiger charge is 2.51. The Hall–Kier alpha value is -3.08. The van der Waals surface area contributed by atoms with E-state index in [9.17, 15) is 14.7 Å². The molecule has 0 aromatic heterocycles. The van der Waals surface area contributed by atoms with Gasteiger partial charge in [0, 0.05) is 0 Å². The molecule has 3 aromatic carbocycles. The van der Waals surface area contributed by atoms with Crippen molar-refractivity contribution in [2.24, 2.45) is 5.92 Å². The molecule has 1 saturated heterocycles. The molecule has 2 aliphatic rings. The van der Waals surface area contributed by atoms with E-state index in [0.717, 1.165) is 17.4 Å². The molecule has 1 aliphatic carbocycles. The zero-order valence-corrected chi connectivity index (χ0v) is 14.9. The molecule has 1 aliphatic heterocycles. The predicted octanol–water partition coefficient (Wildman–Crippen LogP) is 4.13. The maximum absolute atomic E-state index is 12.4. The number of carboxylic acids is 1. The standard InChI is InChI=1S/C22H19NO4/c1-27-22(26)23-19(21(24)25)11-15-8-14-10-17-13(9-18(14)20(15)23)7-6-12-4-2-3-5-16(12)17/h2-7,9-10,15,19-20H,8,11H2,1H3,(H,24,25)/t15-,19+,20+/m1/s1. The van der Waals surface area contributed by atoms with Gasteiger partial charge in [0.25, 0.3) is 0 Å². The summed E-state index contributed by atoms with van der Waals surface area (Å²) in [5.41, 5.74) is 2.25. The van der Waals surface area contributed by atoms with E-state index in [1.807, 2.05) is 12.1 Å². The molecule has 0 unspecified atom stereocenters.